The Morgan fingerprint density at radius 3 is 3.08 bits per heavy atom. The Bertz CT molecular complexity index is 343. The number of aromatic nitrogens is 2. The van der Waals surface area contributed by atoms with E-state index in [1.54, 1.807) is 0 Å². The van der Waals surface area contributed by atoms with E-state index >= 15 is 0 Å². The van der Waals surface area contributed by atoms with Crippen molar-refractivity contribution < 1.29 is 9.53 Å². The number of aryl methyl sites for hydroxylation is 1. The van der Waals surface area contributed by atoms with Gasteiger partial charge in [0.05, 0.1) is 19.2 Å². The molecule has 0 fully saturated rings. The Balaban J connectivity index is 2.18. The van der Waals surface area contributed by atoms with Crippen LogP contribution < -0.4 is 0 Å². The van der Waals surface area contributed by atoms with E-state index in [9.17, 15) is 4.79 Å². The van der Waals surface area contributed by atoms with E-state index in [0.717, 1.165) is 18.5 Å². The highest BCUT2D eigenvalue weighted by Crippen LogP contribution is 2.26. The molecule has 0 unspecified atom stereocenters. The lowest BCUT2D eigenvalue weighted by atomic mass is 10.1. The normalized spacial score (nSPS) is 20.0. The zero-order valence-electron chi connectivity index (χ0n) is 7.78. The van der Waals surface area contributed by atoms with E-state index in [1.807, 2.05) is 17.9 Å². The molecule has 1 aliphatic carbocycles. The van der Waals surface area contributed by atoms with Crippen LogP contribution in [0.3, 0.4) is 0 Å². The standard InChI is InChI=1S/C9H12N2O2/c1-11-8-4-6(9(12)13-2)3-7(8)5-10-11/h5-6H,3-4H2,1-2H3/t6-/m1/s1. The molecular formula is C9H12N2O2. The number of methoxy groups -OCH3 is 1. The lowest BCUT2D eigenvalue weighted by molar-refractivity contribution is -0.145. The van der Waals surface area contributed by atoms with Crippen molar-refractivity contribution in [2.24, 2.45) is 13.0 Å². The predicted molar refractivity (Wildman–Crippen MR) is 46.1 cm³/mol. The molecule has 13 heavy (non-hydrogen) atoms. The molecular weight excluding hydrogens is 168 g/mol. The third-order valence-electron chi connectivity index (χ3n) is 2.59. The minimum absolute atomic E-state index is 0.00389. The molecule has 2 rings (SSSR count). The summed E-state index contributed by atoms with van der Waals surface area (Å²) in [5.74, 6) is -0.111. The number of fused-ring (bicyclic) bond motifs is 1. The molecule has 4 nitrogen and oxygen atoms in total. The fourth-order valence-electron chi connectivity index (χ4n) is 1.85. The Kier molecular flexibility index (Phi) is 1.83. The molecule has 4 heteroatoms. The smallest absolute Gasteiger partial charge is 0.309 e. The van der Waals surface area contributed by atoms with E-state index in [1.165, 1.54) is 12.7 Å². The molecule has 0 aliphatic heterocycles. The second-order valence-electron chi connectivity index (χ2n) is 3.37. The third kappa shape index (κ3) is 1.22. The minimum atomic E-state index is -0.115. The summed E-state index contributed by atoms with van der Waals surface area (Å²) in [6.07, 6.45) is 3.37. The number of hydrogen-bond acceptors (Lipinski definition) is 3. The minimum Gasteiger partial charge on any atom is -0.469 e. The summed E-state index contributed by atoms with van der Waals surface area (Å²) >= 11 is 0. The summed E-state index contributed by atoms with van der Waals surface area (Å²) in [6.45, 7) is 0. The zero-order valence-corrected chi connectivity index (χ0v) is 7.78. The fraction of sp³-hybridized carbons (Fsp3) is 0.556. The van der Waals surface area contributed by atoms with E-state index in [0.29, 0.717) is 0 Å². The number of carbonyl (C=O) groups excluding carboxylic acids is 1. The van der Waals surface area contributed by atoms with Gasteiger partial charge in [0.25, 0.3) is 0 Å². The molecule has 0 bridgehead atoms. The van der Waals surface area contributed by atoms with Crippen LogP contribution in [0.4, 0.5) is 0 Å². The van der Waals surface area contributed by atoms with Gasteiger partial charge >= 0.3 is 5.97 Å². The Labute approximate surface area is 76.5 Å². The highest BCUT2D eigenvalue weighted by molar-refractivity contribution is 5.74. The molecule has 0 saturated carbocycles. The quantitative estimate of drug-likeness (QED) is 0.584. The molecule has 0 N–H and O–H groups in total. The van der Waals surface area contributed by atoms with Gasteiger partial charge in [0, 0.05) is 19.2 Å². The Morgan fingerprint density at radius 2 is 2.46 bits per heavy atom. The molecule has 70 valence electrons. The van der Waals surface area contributed by atoms with Crippen molar-refractivity contribution >= 4 is 5.97 Å². The molecule has 1 aromatic heterocycles. The molecule has 0 radical (unpaired) electrons. The van der Waals surface area contributed by atoms with Crippen LogP contribution in [0, 0.1) is 5.92 Å². The number of nitrogens with zero attached hydrogens (tertiary/aromatic N) is 2. The van der Waals surface area contributed by atoms with Crippen LogP contribution in [0.2, 0.25) is 0 Å². The van der Waals surface area contributed by atoms with Crippen molar-refractivity contribution in [1.29, 1.82) is 0 Å². The number of ether oxygens (including phenoxy) is 1. The summed E-state index contributed by atoms with van der Waals surface area (Å²) in [6, 6.07) is 0. The number of esters is 1. The maximum Gasteiger partial charge on any atom is 0.309 e. The first-order chi connectivity index (χ1) is 6.22. The van der Waals surface area contributed by atoms with Crippen molar-refractivity contribution in [2.75, 3.05) is 7.11 Å². The van der Waals surface area contributed by atoms with Gasteiger partial charge in [-0.05, 0) is 12.0 Å². The second-order valence-corrected chi connectivity index (χ2v) is 3.37. The topological polar surface area (TPSA) is 44.1 Å². The van der Waals surface area contributed by atoms with Gasteiger partial charge in [-0.2, -0.15) is 5.10 Å². The van der Waals surface area contributed by atoms with Gasteiger partial charge < -0.3 is 4.74 Å². The maximum atomic E-state index is 11.2. The largest absolute Gasteiger partial charge is 0.469 e. The lowest BCUT2D eigenvalue weighted by Gasteiger charge is -2.05. The SMILES string of the molecule is COC(=O)[C@@H]1Cc2cnn(C)c2C1. The van der Waals surface area contributed by atoms with Gasteiger partial charge in [-0.15, -0.1) is 0 Å². The molecule has 0 amide bonds. The molecule has 0 aromatic carbocycles. The van der Waals surface area contributed by atoms with Crippen molar-refractivity contribution in [2.45, 2.75) is 12.8 Å². The maximum absolute atomic E-state index is 11.2. The monoisotopic (exact) mass is 180 g/mol. The fourth-order valence-corrected chi connectivity index (χ4v) is 1.85. The highest BCUT2D eigenvalue weighted by Gasteiger charge is 2.30. The zero-order chi connectivity index (χ0) is 9.42. The van der Waals surface area contributed by atoms with Gasteiger partial charge in [-0.3, -0.25) is 9.48 Å². The molecule has 1 heterocycles. The van der Waals surface area contributed by atoms with E-state index in [-0.39, 0.29) is 11.9 Å². The van der Waals surface area contributed by atoms with Gasteiger partial charge in [-0.25, -0.2) is 0 Å². The van der Waals surface area contributed by atoms with Crippen LogP contribution in [0.25, 0.3) is 0 Å². The van der Waals surface area contributed by atoms with E-state index in [2.05, 4.69) is 5.10 Å². The van der Waals surface area contributed by atoms with E-state index in [4.69, 9.17) is 4.74 Å². The van der Waals surface area contributed by atoms with Crippen molar-refractivity contribution in [3.8, 4) is 0 Å². The van der Waals surface area contributed by atoms with Crippen LogP contribution in [0.15, 0.2) is 6.20 Å². The van der Waals surface area contributed by atoms with Crippen LogP contribution in [0.5, 0.6) is 0 Å². The summed E-state index contributed by atoms with van der Waals surface area (Å²) in [5.41, 5.74) is 2.34. The number of hydrogen-bond donors (Lipinski definition) is 0. The van der Waals surface area contributed by atoms with Crippen LogP contribution in [-0.4, -0.2) is 22.9 Å². The predicted octanol–water partition coefficient (Wildman–Crippen LogP) is 0.308. The van der Waals surface area contributed by atoms with Crippen LogP contribution in [0.1, 0.15) is 11.3 Å². The summed E-state index contributed by atoms with van der Waals surface area (Å²) in [4.78, 5) is 11.2. The second kappa shape index (κ2) is 2.87. The summed E-state index contributed by atoms with van der Waals surface area (Å²) in [7, 11) is 3.34. The van der Waals surface area contributed by atoms with Crippen molar-refractivity contribution in [3.05, 3.63) is 17.5 Å². The Hall–Kier alpha value is -1.32. The van der Waals surface area contributed by atoms with Crippen LogP contribution in [-0.2, 0) is 29.4 Å². The van der Waals surface area contributed by atoms with Gasteiger partial charge in [0.1, 0.15) is 0 Å². The molecule has 1 atom stereocenters. The number of rotatable bonds is 1. The third-order valence-corrected chi connectivity index (χ3v) is 2.59. The molecule has 1 aromatic rings. The first-order valence-corrected chi connectivity index (χ1v) is 4.30. The van der Waals surface area contributed by atoms with Gasteiger partial charge in [0.15, 0.2) is 0 Å². The van der Waals surface area contributed by atoms with Crippen molar-refractivity contribution in [1.82, 2.24) is 9.78 Å². The summed E-state index contributed by atoms with van der Waals surface area (Å²) in [5, 5.41) is 4.12. The lowest BCUT2D eigenvalue weighted by Crippen LogP contribution is -2.17. The van der Waals surface area contributed by atoms with Gasteiger partial charge in [-0.1, -0.05) is 0 Å². The first kappa shape index (κ1) is 8.29. The molecule has 1 aliphatic rings. The molecule has 0 saturated heterocycles. The highest BCUT2D eigenvalue weighted by atomic mass is 16.5. The average Bonchev–Trinajstić information content (AvgIpc) is 2.67. The number of carbonyl (C=O) groups is 1. The summed E-state index contributed by atoms with van der Waals surface area (Å²) < 4.78 is 6.54. The van der Waals surface area contributed by atoms with Crippen LogP contribution >= 0.6 is 0 Å². The Morgan fingerprint density at radius 1 is 1.69 bits per heavy atom. The van der Waals surface area contributed by atoms with E-state index < -0.39 is 0 Å². The average molecular weight is 180 g/mol. The molecule has 0 spiro atoms. The van der Waals surface area contributed by atoms with Gasteiger partial charge in [0.2, 0.25) is 0 Å². The first-order valence-electron chi connectivity index (χ1n) is 4.30. The van der Waals surface area contributed by atoms with Crippen molar-refractivity contribution in [3.63, 3.8) is 0 Å².